The molecule has 2 aliphatic heterocycles. The van der Waals surface area contributed by atoms with E-state index in [0.29, 0.717) is 5.41 Å². The van der Waals surface area contributed by atoms with Gasteiger partial charge in [0.2, 0.25) is 0 Å². The van der Waals surface area contributed by atoms with Crippen molar-refractivity contribution < 1.29 is 0 Å². The van der Waals surface area contributed by atoms with Crippen LogP contribution in [-0.4, -0.2) is 48.6 Å². The molecule has 1 N–H and O–H groups in total. The normalized spacial score (nSPS) is 34.9. The lowest BCUT2D eigenvalue weighted by atomic mass is 9.89. The molecule has 4 heteroatoms. The van der Waals surface area contributed by atoms with Gasteiger partial charge in [0, 0.05) is 37.2 Å². The van der Waals surface area contributed by atoms with Crippen molar-refractivity contribution in [1.82, 2.24) is 10.2 Å². The third kappa shape index (κ3) is 4.30. The molecule has 0 radical (unpaired) electrons. The molecule has 2 nitrogen and oxygen atoms in total. The second kappa shape index (κ2) is 6.65. The SMILES string of the molecule is CC(C)C1CN(CC2(C)CCNC2)CCS1.Cl. The Morgan fingerprint density at radius 2 is 2.24 bits per heavy atom. The number of nitrogens with one attached hydrogen (secondary N) is 1. The van der Waals surface area contributed by atoms with Crippen LogP contribution in [0.4, 0.5) is 0 Å². The van der Waals surface area contributed by atoms with Crippen LogP contribution in [0.25, 0.3) is 0 Å². The first-order valence-corrected chi connectivity index (χ1v) is 7.69. The van der Waals surface area contributed by atoms with E-state index in [2.05, 4.69) is 42.7 Å². The van der Waals surface area contributed by atoms with Crippen LogP contribution in [0.5, 0.6) is 0 Å². The second-order valence-electron chi connectivity index (χ2n) is 6.13. The first-order chi connectivity index (χ1) is 7.59. The van der Waals surface area contributed by atoms with Crippen LogP contribution in [0.1, 0.15) is 27.2 Å². The Balaban J connectivity index is 0.00000144. The Hall–Kier alpha value is 0.560. The van der Waals surface area contributed by atoms with Gasteiger partial charge in [0.15, 0.2) is 0 Å². The summed E-state index contributed by atoms with van der Waals surface area (Å²) in [6.45, 7) is 13.5. The molecule has 0 saturated carbocycles. The zero-order valence-electron chi connectivity index (χ0n) is 11.4. The minimum atomic E-state index is 0. The van der Waals surface area contributed by atoms with Crippen LogP contribution < -0.4 is 5.32 Å². The van der Waals surface area contributed by atoms with Gasteiger partial charge in [-0.2, -0.15) is 11.8 Å². The molecule has 2 saturated heterocycles. The molecule has 0 amide bonds. The minimum Gasteiger partial charge on any atom is -0.316 e. The van der Waals surface area contributed by atoms with E-state index < -0.39 is 0 Å². The van der Waals surface area contributed by atoms with Gasteiger partial charge in [0.05, 0.1) is 0 Å². The molecule has 2 unspecified atom stereocenters. The van der Waals surface area contributed by atoms with Gasteiger partial charge in [-0.25, -0.2) is 0 Å². The number of hydrogen-bond acceptors (Lipinski definition) is 3. The summed E-state index contributed by atoms with van der Waals surface area (Å²) in [5, 5.41) is 4.36. The molecule has 102 valence electrons. The highest BCUT2D eigenvalue weighted by Crippen LogP contribution is 2.30. The van der Waals surface area contributed by atoms with E-state index in [1.807, 2.05) is 0 Å². The smallest absolute Gasteiger partial charge is 0.0198 e. The molecule has 17 heavy (non-hydrogen) atoms. The van der Waals surface area contributed by atoms with Crippen molar-refractivity contribution in [1.29, 1.82) is 0 Å². The van der Waals surface area contributed by atoms with Gasteiger partial charge in [-0.3, -0.25) is 0 Å². The molecule has 0 aliphatic carbocycles. The maximum Gasteiger partial charge on any atom is 0.0198 e. The lowest BCUT2D eigenvalue weighted by molar-refractivity contribution is 0.176. The summed E-state index contributed by atoms with van der Waals surface area (Å²) in [6.07, 6.45) is 1.35. The number of nitrogens with zero attached hydrogens (tertiary/aromatic N) is 1. The molecule has 2 rings (SSSR count). The largest absolute Gasteiger partial charge is 0.316 e. The molecule has 0 aromatic heterocycles. The molecule has 2 fully saturated rings. The van der Waals surface area contributed by atoms with Crippen molar-refractivity contribution >= 4 is 24.2 Å². The van der Waals surface area contributed by atoms with Gasteiger partial charge in [-0.15, -0.1) is 12.4 Å². The standard InChI is InChI=1S/C13H26N2S.ClH/c1-11(2)12-8-15(6-7-16-12)10-13(3)4-5-14-9-13;/h11-12,14H,4-10H2,1-3H3;1H. The summed E-state index contributed by atoms with van der Waals surface area (Å²) in [6, 6.07) is 0. The van der Waals surface area contributed by atoms with Crippen molar-refractivity contribution in [2.24, 2.45) is 11.3 Å². The third-order valence-corrected chi connectivity index (χ3v) is 5.52. The predicted octanol–water partition coefficient (Wildman–Crippen LogP) is 2.48. The summed E-state index contributed by atoms with van der Waals surface area (Å²) in [4.78, 5) is 2.70. The van der Waals surface area contributed by atoms with E-state index in [1.165, 1.54) is 44.9 Å². The summed E-state index contributed by atoms with van der Waals surface area (Å²) in [5.41, 5.74) is 0.531. The van der Waals surface area contributed by atoms with Gasteiger partial charge in [0.1, 0.15) is 0 Å². The van der Waals surface area contributed by atoms with E-state index in [9.17, 15) is 0 Å². The van der Waals surface area contributed by atoms with Crippen molar-refractivity contribution in [3.63, 3.8) is 0 Å². The average Bonchev–Trinajstić information content (AvgIpc) is 2.65. The van der Waals surface area contributed by atoms with Crippen molar-refractivity contribution in [2.45, 2.75) is 32.4 Å². The zero-order chi connectivity index (χ0) is 11.6. The van der Waals surface area contributed by atoms with Gasteiger partial charge in [-0.05, 0) is 24.3 Å². The highest BCUT2D eigenvalue weighted by atomic mass is 35.5. The molecular weight excluding hydrogens is 252 g/mol. The van der Waals surface area contributed by atoms with Crippen LogP contribution in [0.15, 0.2) is 0 Å². The Labute approximate surface area is 117 Å². The van der Waals surface area contributed by atoms with Gasteiger partial charge < -0.3 is 10.2 Å². The van der Waals surface area contributed by atoms with Gasteiger partial charge in [0.25, 0.3) is 0 Å². The monoisotopic (exact) mass is 278 g/mol. The Morgan fingerprint density at radius 1 is 1.47 bits per heavy atom. The zero-order valence-corrected chi connectivity index (χ0v) is 13.0. The Kier molecular flexibility index (Phi) is 6.11. The molecule has 0 aromatic rings. The fourth-order valence-corrected chi connectivity index (χ4v) is 4.19. The number of hydrogen-bond donors (Lipinski definition) is 1. The summed E-state index contributed by atoms with van der Waals surface area (Å²) >= 11 is 2.17. The fraction of sp³-hybridized carbons (Fsp3) is 1.00. The van der Waals surface area contributed by atoms with Gasteiger partial charge in [-0.1, -0.05) is 20.8 Å². The highest BCUT2D eigenvalue weighted by molar-refractivity contribution is 8.00. The number of thioether (sulfide) groups is 1. The second-order valence-corrected chi connectivity index (χ2v) is 7.47. The molecule has 2 heterocycles. The molecule has 0 bridgehead atoms. The lowest BCUT2D eigenvalue weighted by Gasteiger charge is -2.38. The molecule has 0 spiro atoms. The summed E-state index contributed by atoms with van der Waals surface area (Å²) in [5.74, 6) is 2.15. The van der Waals surface area contributed by atoms with E-state index in [-0.39, 0.29) is 12.4 Å². The van der Waals surface area contributed by atoms with Crippen LogP contribution in [-0.2, 0) is 0 Å². The van der Waals surface area contributed by atoms with Crippen molar-refractivity contribution in [2.75, 3.05) is 38.5 Å². The number of halogens is 1. The van der Waals surface area contributed by atoms with Crippen molar-refractivity contribution in [3.05, 3.63) is 0 Å². The van der Waals surface area contributed by atoms with E-state index in [1.54, 1.807) is 0 Å². The van der Waals surface area contributed by atoms with E-state index >= 15 is 0 Å². The van der Waals surface area contributed by atoms with Crippen LogP contribution >= 0.6 is 24.2 Å². The van der Waals surface area contributed by atoms with Gasteiger partial charge >= 0.3 is 0 Å². The fourth-order valence-electron chi connectivity index (χ4n) is 2.82. The lowest BCUT2D eigenvalue weighted by Crippen LogP contribution is -2.45. The van der Waals surface area contributed by atoms with Crippen molar-refractivity contribution in [3.8, 4) is 0 Å². The van der Waals surface area contributed by atoms with Crippen LogP contribution in [0, 0.1) is 11.3 Å². The topological polar surface area (TPSA) is 15.3 Å². The van der Waals surface area contributed by atoms with Crippen LogP contribution in [0.3, 0.4) is 0 Å². The quantitative estimate of drug-likeness (QED) is 0.854. The average molecular weight is 279 g/mol. The summed E-state index contributed by atoms with van der Waals surface area (Å²) < 4.78 is 0. The maximum absolute atomic E-state index is 3.50. The molecule has 0 aromatic carbocycles. The first-order valence-electron chi connectivity index (χ1n) is 6.64. The molecular formula is C13H27ClN2S. The Morgan fingerprint density at radius 3 is 2.82 bits per heavy atom. The Bertz CT molecular complexity index is 229. The maximum atomic E-state index is 3.50. The first kappa shape index (κ1) is 15.6. The van der Waals surface area contributed by atoms with E-state index in [4.69, 9.17) is 0 Å². The number of rotatable bonds is 3. The third-order valence-electron chi connectivity index (χ3n) is 3.98. The molecule has 2 atom stereocenters. The highest BCUT2D eigenvalue weighted by Gasteiger charge is 2.32. The van der Waals surface area contributed by atoms with Crippen LogP contribution in [0.2, 0.25) is 0 Å². The molecule has 2 aliphatic rings. The van der Waals surface area contributed by atoms with E-state index in [0.717, 1.165) is 11.2 Å². The summed E-state index contributed by atoms with van der Waals surface area (Å²) in [7, 11) is 0. The predicted molar refractivity (Wildman–Crippen MR) is 80.4 cm³/mol. The minimum absolute atomic E-state index is 0.